The zero-order chi connectivity index (χ0) is 16.5. The average molecular weight is 303 g/mol. The van der Waals surface area contributed by atoms with Gasteiger partial charge in [0, 0.05) is 17.8 Å². The van der Waals surface area contributed by atoms with Gasteiger partial charge in [0.1, 0.15) is 6.04 Å². The SMILES string of the molecule is Cc1ccc(N2CC[C@@H](NC(=O)NC(C)(C)C)C2=O)cc1C. The van der Waals surface area contributed by atoms with Gasteiger partial charge >= 0.3 is 6.03 Å². The van der Waals surface area contributed by atoms with E-state index in [1.807, 2.05) is 52.8 Å². The highest BCUT2D eigenvalue weighted by Crippen LogP contribution is 2.24. The van der Waals surface area contributed by atoms with Crippen molar-refractivity contribution in [3.05, 3.63) is 29.3 Å². The molecule has 1 atom stereocenters. The second-order valence-corrected chi connectivity index (χ2v) is 6.95. The summed E-state index contributed by atoms with van der Waals surface area (Å²) in [5.41, 5.74) is 2.94. The summed E-state index contributed by atoms with van der Waals surface area (Å²) in [6.45, 7) is 10.4. The lowest BCUT2D eigenvalue weighted by Crippen LogP contribution is -2.51. The first-order valence-electron chi connectivity index (χ1n) is 7.65. The molecule has 1 fully saturated rings. The molecule has 0 spiro atoms. The Morgan fingerprint density at radius 3 is 2.50 bits per heavy atom. The van der Waals surface area contributed by atoms with Crippen LogP contribution in [-0.2, 0) is 4.79 Å². The van der Waals surface area contributed by atoms with Crippen molar-refractivity contribution in [3.63, 3.8) is 0 Å². The van der Waals surface area contributed by atoms with Crippen LogP contribution in [0.4, 0.5) is 10.5 Å². The fourth-order valence-electron chi connectivity index (χ4n) is 2.50. The van der Waals surface area contributed by atoms with E-state index in [-0.39, 0.29) is 17.5 Å². The third-order valence-corrected chi connectivity index (χ3v) is 3.80. The standard InChI is InChI=1S/C17H25N3O2/c1-11-6-7-13(10-12(11)2)20-9-8-14(15(20)21)18-16(22)19-17(3,4)5/h6-7,10,14H,8-9H2,1-5H3,(H2,18,19,22)/t14-/m1/s1. The van der Waals surface area contributed by atoms with Crippen LogP contribution in [0.2, 0.25) is 0 Å². The summed E-state index contributed by atoms with van der Waals surface area (Å²) in [4.78, 5) is 26.1. The van der Waals surface area contributed by atoms with E-state index in [0.29, 0.717) is 13.0 Å². The van der Waals surface area contributed by atoms with E-state index in [1.54, 1.807) is 4.90 Å². The number of nitrogens with one attached hydrogen (secondary N) is 2. The Balaban J connectivity index is 2.03. The Bertz CT molecular complexity index is 590. The van der Waals surface area contributed by atoms with Crippen LogP contribution in [0.15, 0.2) is 18.2 Å². The first-order valence-corrected chi connectivity index (χ1v) is 7.65. The molecule has 3 amide bonds. The quantitative estimate of drug-likeness (QED) is 0.882. The Morgan fingerprint density at radius 2 is 1.91 bits per heavy atom. The number of anilines is 1. The van der Waals surface area contributed by atoms with Crippen molar-refractivity contribution in [1.29, 1.82) is 0 Å². The molecular weight excluding hydrogens is 278 g/mol. The average Bonchev–Trinajstić information content (AvgIpc) is 2.72. The largest absolute Gasteiger partial charge is 0.334 e. The lowest BCUT2D eigenvalue weighted by Gasteiger charge is -2.22. The lowest BCUT2D eigenvalue weighted by atomic mass is 10.1. The predicted octanol–water partition coefficient (Wildman–Crippen LogP) is 2.51. The van der Waals surface area contributed by atoms with Gasteiger partial charge in [0.2, 0.25) is 5.91 Å². The predicted molar refractivity (Wildman–Crippen MR) is 88.1 cm³/mol. The van der Waals surface area contributed by atoms with Crippen LogP contribution >= 0.6 is 0 Å². The van der Waals surface area contributed by atoms with Crippen molar-refractivity contribution in [2.45, 2.75) is 52.6 Å². The molecule has 2 N–H and O–H groups in total. The molecule has 1 aliphatic rings. The van der Waals surface area contributed by atoms with Gasteiger partial charge < -0.3 is 15.5 Å². The molecule has 1 heterocycles. The number of hydrogen-bond donors (Lipinski definition) is 2. The van der Waals surface area contributed by atoms with Crippen LogP contribution < -0.4 is 15.5 Å². The number of urea groups is 1. The number of rotatable bonds is 2. The number of amides is 3. The van der Waals surface area contributed by atoms with E-state index in [4.69, 9.17) is 0 Å². The molecule has 2 rings (SSSR count). The van der Waals surface area contributed by atoms with Gasteiger partial charge in [-0.3, -0.25) is 4.79 Å². The maximum absolute atomic E-state index is 12.5. The maximum Gasteiger partial charge on any atom is 0.315 e. The number of carbonyl (C=O) groups excluding carboxylic acids is 2. The minimum atomic E-state index is -0.455. The maximum atomic E-state index is 12.5. The van der Waals surface area contributed by atoms with Crippen LogP contribution in [0.1, 0.15) is 38.3 Å². The third kappa shape index (κ3) is 3.78. The molecule has 1 aromatic carbocycles. The molecule has 1 saturated heterocycles. The Hall–Kier alpha value is -2.04. The second kappa shape index (κ2) is 5.99. The summed E-state index contributed by atoms with van der Waals surface area (Å²) in [6.07, 6.45) is 0.628. The summed E-state index contributed by atoms with van der Waals surface area (Å²) in [7, 11) is 0. The van der Waals surface area contributed by atoms with Crippen LogP contribution in [0.3, 0.4) is 0 Å². The Morgan fingerprint density at radius 1 is 1.23 bits per heavy atom. The van der Waals surface area contributed by atoms with Gasteiger partial charge in [-0.15, -0.1) is 0 Å². The minimum absolute atomic E-state index is 0.0488. The van der Waals surface area contributed by atoms with E-state index in [9.17, 15) is 9.59 Å². The van der Waals surface area contributed by atoms with Crippen molar-refractivity contribution in [2.75, 3.05) is 11.4 Å². The van der Waals surface area contributed by atoms with Gasteiger partial charge in [-0.25, -0.2) is 4.79 Å². The van der Waals surface area contributed by atoms with Gasteiger partial charge in [-0.05, 0) is 64.3 Å². The highest BCUT2D eigenvalue weighted by atomic mass is 16.2. The number of aryl methyl sites for hydroxylation is 2. The first-order chi connectivity index (χ1) is 10.2. The van der Waals surface area contributed by atoms with Crippen LogP contribution in [-0.4, -0.2) is 30.1 Å². The summed E-state index contributed by atoms with van der Waals surface area (Å²) in [6, 6.07) is 5.24. The molecule has 1 aliphatic heterocycles. The van der Waals surface area contributed by atoms with Crippen molar-refractivity contribution < 1.29 is 9.59 Å². The zero-order valence-corrected chi connectivity index (χ0v) is 14.0. The van der Waals surface area contributed by atoms with E-state index >= 15 is 0 Å². The summed E-state index contributed by atoms with van der Waals surface area (Å²) in [5.74, 6) is -0.0488. The molecule has 0 bridgehead atoms. The van der Waals surface area contributed by atoms with Crippen LogP contribution in [0.25, 0.3) is 0 Å². The lowest BCUT2D eigenvalue weighted by molar-refractivity contribution is -0.118. The van der Waals surface area contributed by atoms with E-state index in [0.717, 1.165) is 11.3 Å². The molecule has 0 saturated carbocycles. The number of nitrogens with zero attached hydrogens (tertiary/aromatic N) is 1. The fraction of sp³-hybridized carbons (Fsp3) is 0.529. The molecular formula is C17H25N3O2. The molecule has 120 valence electrons. The smallest absolute Gasteiger partial charge is 0.315 e. The molecule has 1 aromatic rings. The number of carbonyl (C=O) groups is 2. The first kappa shape index (κ1) is 16.3. The monoisotopic (exact) mass is 303 g/mol. The molecule has 5 nitrogen and oxygen atoms in total. The minimum Gasteiger partial charge on any atom is -0.334 e. The highest BCUT2D eigenvalue weighted by Gasteiger charge is 2.34. The number of benzene rings is 1. The molecule has 5 heteroatoms. The normalized spacial score (nSPS) is 18.5. The van der Waals surface area contributed by atoms with Crippen molar-refractivity contribution in [3.8, 4) is 0 Å². The van der Waals surface area contributed by atoms with Crippen LogP contribution in [0, 0.1) is 13.8 Å². The fourth-order valence-corrected chi connectivity index (χ4v) is 2.50. The van der Waals surface area contributed by atoms with E-state index in [2.05, 4.69) is 10.6 Å². The van der Waals surface area contributed by atoms with Gasteiger partial charge in [0.25, 0.3) is 0 Å². The highest BCUT2D eigenvalue weighted by molar-refractivity contribution is 6.01. The topological polar surface area (TPSA) is 61.4 Å². The van der Waals surface area contributed by atoms with Gasteiger partial charge in [0.15, 0.2) is 0 Å². The molecule has 22 heavy (non-hydrogen) atoms. The van der Waals surface area contributed by atoms with Gasteiger partial charge in [-0.2, -0.15) is 0 Å². The van der Waals surface area contributed by atoms with Gasteiger partial charge in [-0.1, -0.05) is 6.07 Å². The summed E-state index contributed by atoms with van der Waals surface area (Å²) < 4.78 is 0. The van der Waals surface area contributed by atoms with E-state index in [1.165, 1.54) is 5.56 Å². The van der Waals surface area contributed by atoms with Crippen molar-refractivity contribution >= 4 is 17.6 Å². The second-order valence-electron chi connectivity index (χ2n) is 6.95. The van der Waals surface area contributed by atoms with Crippen molar-refractivity contribution in [2.24, 2.45) is 0 Å². The van der Waals surface area contributed by atoms with Crippen molar-refractivity contribution in [1.82, 2.24) is 10.6 Å². The molecule has 0 unspecified atom stereocenters. The summed E-state index contributed by atoms with van der Waals surface area (Å²) >= 11 is 0. The Kier molecular flexibility index (Phi) is 4.44. The van der Waals surface area contributed by atoms with Crippen LogP contribution in [0.5, 0.6) is 0 Å². The van der Waals surface area contributed by atoms with Gasteiger partial charge in [0.05, 0.1) is 0 Å². The Labute approximate surface area is 132 Å². The molecule has 0 radical (unpaired) electrons. The number of hydrogen-bond acceptors (Lipinski definition) is 2. The summed E-state index contributed by atoms with van der Waals surface area (Å²) in [5, 5.41) is 5.59. The molecule has 0 aliphatic carbocycles. The third-order valence-electron chi connectivity index (χ3n) is 3.80. The molecule has 0 aromatic heterocycles. The van der Waals surface area contributed by atoms with E-state index < -0.39 is 6.04 Å². The zero-order valence-electron chi connectivity index (χ0n) is 14.0.